The number of aromatic carboxylic acids is 1. The van der Waals surface area contributed by atoms with Crippen LogP contribution < -0.4 is 5.32 Å². The molecule has 2 N–H and O–H groups in total. The molecule has 202 valence electrons. The zero-order valence-electron chi connectivity index (χ0n) is 22.2. The molecule has 5 aromatic carbocycles. The van der Waals surface area contributed by atoms with Gasteiger partial charge in [-0.2, -0.15) is 5.10 Å². The number of rotatable bonds is 7. The fourth-order valence-electron chi connectivity index (χ4n) is 5.13. The molecule has 0 unspecified atom stereocenters. The van der Waals surface area contributed by atoms with Crippen molar-refractivity contribution in [2.75, 3.05) is 0 Å². The minimum Gasteiger partial charge on any atom is -0.478 e. The lowest BCUT2D eigenvalue weighted by Gasteiger charge is -2.17. The molecule has 1 amide bonds. The first-order valence-corrected chi connectivity index (χ1v) is 13.2. The number of carboxylic acid groups (broad SMARTS) is 1. The molecule has 0 aliphatic heterocycles. The summed E-state index contributed by atoms with van der Waals surface area (Å²) in [6.07, 6.45) is 1.76. The molecule has 41 heavy (non-hydrogen) atoms. The van der Waals surface area contributed by atoms with Crippen LogP contribution in [0.5, 0.6) is 0 Å². The number of halogens is 1. The van der Waals surface area contributed by atoms with Crippen molar-refractivity contribution in [3.05, 3.63) is 137 Å². The van der Waals surface area contributed by atoms with E-state index in [4.69, 9.17) is 0 Å². The summed E-state index contributed by atoms with van der Waals surface area (Å²) >= 11 is 0. The van der Waals surface area contributed by atoms with Gasteiger partial charge in [-0.3, -0.25) is 9.48 Å². The molecular formula is C34H26FN3O3. The Morgan fingerprint density at radius 1 is 0.854 bits per heavy atom. The minimum absolute atomic E-state index is 0.185. The highest BCUT2D eigenvalue weighted by atomic mass is 19.1. The van der Waals surface area contributed by atoms with E-state index in [2.05, 4.69) is 10.4 Å². The van der Waals surface area contributed by atoms with Crippen molar-refractivity contribution in [3.8, 4) is 11.1 Å². The van der Waals surface area contributed by atoms with E-state index in [9.17, 15) is 19.1 Å². The Labute approximate surface area is 235 Å². The van der Waals surface area contributed by atoms with Crippen LogP contribution in [0.25, 0.3) is 32.8 Å². The average molecular weight is 544 g/mol. The van der Waals surface area contributed by atoms with E-state index in [1.54, 1.807) is 29.1 Å². The van der Waals surface area contributed by atoms with Crippen molar-refractivity contribution in [2.24, 2.45) is 0 Å². The number of fused-ring (bicyclic) bond motifs is 2. The summed E-state index contributed by atoms with van der Waals surface area (Å²) in [5.41, 5.74) is 4.93. The Bertz CT molecular complexity index is 1910. The Morgan fingerprint density at radius 2 is 1.61 bits per heavy atom. The van der Waals surface area contributed by atoms with Crippen LogP contribution in [0.1, 0.15) is 44.8 Å². The molecule has 6 nitrogen and oxygen atoms in total. The molecule has 1 atom stereocenters. The quantitative estimate of drug-likeness (QED) is 0.222. The lowest BCUT2D eigenvalue weighted by atomic mass is 9.99. The lowest BCUT2D eigenvalue weighted by Crippen LogP contribution is -2.27. The molecular weight excluding hydrogens is 517 g/mol. The van der Waals surface area contributed by atoms with Gasteiger partial charge in [-0.15, -0.1) is 0 Å². The number of carboxylic acids is 1. The minimum atomic E-state index is -1.00. The van der Waals surface area contributed by atoms with Crippen LogP contribution in [0.3, 0.4) is 0 Å². The molecule has 0 bridgehead atoms. The first kappa shape index (κ1) is 26.0. The average Bonchev–Trinajstić information content (AvgIpc) is 3.39. The molecule has 0 spiro atoms. The highest BCUT2D eigenvalue weighted by molar-refractivity contribution is 6.07. The molecule has 0 aliphatic rings. The van der Waals surface area contributed by atoms with Gasteiger partial charge in [0.1, 0.15) is 5.82 Å². The van der Waals surface area contributed by atoms with Gasteiger partial charge in [-0.1, -0.05) is 60.7 Å². The van der Waals surface area contributed by atoms with Gasteiger partial charge < -0.3 is 10.4 Å². The van der Waals surface area contributed by atoms with Gasteiger partial charge in [0.2, 0.25) is 0 Å². The number of benzene rings is 5. The van der Waals surface area contributed by atoms with Gasteiger partial charge in [0.15, 0.2) is 0 Å². The van der Waals surface area contributed by atoms with E-state index in [1.807, 2.05) is 67.6 Å². The molecule has 0 radical (unpaired) electrons. The summed E-state index contributed by atoms with van der Waals surface area (Å²) in [5.74, 6) is -1.57. The zero-order chi connectivity index (χ0) is 28.5. The number of hydrogen-bond donors (Lipinski definition) is 2. The Kier molecular flexibility index (Phi) is 6.77. The summed E-state index contributed by atoms with van der Waals surface area (Å²) in [5, 5.41) is 19.5. The second kappa shape index (κ2) is 10.7. The third-order valence-electron chi connectivity index (χ3n) is 7.29. The summed E-state index contributed by atoms with van der Waals surface area (Å²) in [6.45, 7) is 2.25. The molecule has 6 aromatic rings. The van der Waals surface area contributed by atoms with Crippen molar-refractivity contribution in [2.45, 2.75) is 19.5 Å². The SMILES string of the molecule is C[C@H](NC(=O)c1cc(-c2ccccc2)cc2cnn(Cc3ccc4ccc(F)cc4c3)c12)c1ccc(C(=O)O)cc1. The topological polar surface area (TPSA) is 84.2 Å². The monoisotopic (exact) mass is 543 g/mol. The van der Waals surface area contributed by atoms with Gasteiger partial charge in [0.05, 0.1) is 35.4 Å². The van der Waals surface area contributed by atoms with E-state index < -0.39 is 5.97 Å². The predicted octanol–water partition coefficient (Wildman–Crippen LogP) is 7.23. The zero-order valence-corrected chi connectivity index (χ0v) is 22.2. The summed E-state index contributed by atoms with van der Waals surface area (Å²) < 4.78 is 15.7. The maximum absolute atomic E-state index is 13.9. The lowest BCUT2D eigenvalue weighted by molar-refractivity contribution is 0.0696. The Balaban J connectivity index is 1.39. The van der Waals surface area contributed by atoms with Crippen molar-refractivity contribution < 1.29 is 19.1 Å². The fraction of sp³-hybridized carbons (Fsp3) is 0.0882. The molecule has 0 aliphatic carbocycles. The maximum atomic E-state index is 13.9. The molecule has 6 rings (SSSR count). The number of nitrogens with one attached hydrogen (secondary N) is 1. The van der Waals surface area contributed by atoms with Crippen molar-refractivity contribution in [1.29, 1.82) is 0 Å². The smallest absolute Gasteiger partial charge is 0.335 e. The fourth-order valence-corrected chi connectivity index (χ4v) is 5.13. The first-order valence-electron chi connectivity index (χ1n) is 13.2. The van der Waals surface area contributed by atoms with Gasteiger partial charge >= 0.3 is 5.97 Å². The third-order valence-corrected chi connectivity index (χ3v) is 7.29. The van der Waals surface area contributed by atoms with Crippen molar-refractivity contribution in [1.82, 2.24) is 15.1 Å². The largest absolute Gasteiger partial charge is 0.478 e. The molecule has 7 heteroatoms. The second-order valence-corrected chi connectivity index (χ2v) is 10.1. The second-order valence-electron chi connectivity index (χ2n) is 10.1. The standard InChI is InChI=1S/C34H26FN3O3/c1-21(23-9-11-26(12-10-23)34(40)41)37-33(39)31-18-28(24-5-3-2-4-6-24)16-29-19-36-38(32(29)31)20-22-7-8-25-13-14-30(35)17-27(25)15-22/h2-19,21H,20H2,1H3,(H,37,39)(H,40,41)/t21-/m0/s1. The van der Waals surface area contributed by atoms with E-state index in [0.29, 0.717) is 17.6 Å². The summed E-state index contributed by atoms with van der Waals surface area (Å²) in [7, 11) is 0. The van der Waals surface area contributed by atoms with Crippen LogP contribution >= 0.6 is 0 Å². The van der Waals surface area contributed by atoms with Crippen LogP contribution in [0, 0.1) is 5.82 Å². The Morgan fingerprint density at radius 3 is 2.37 bits per heavy atom. The summed E-state index contributed by atoms with van der Waals surface area (Å²) in [4.78, 5) is 25.1. The third kappa shape index (κ3) is 5.30. The Hall–Kier alpha value is -5.30. The van der Waals surface area contributed by atoms with Gasteiger partial charge in [-0.05, 0) is 82.4 Å². The van der Waals surface area contributed by atoms with Crippen molar-refractivity contribution >= 4 is 33.6 Å². The van der Waals surface area contributed by atoms with Crippen molar-refractivity contribution in [3.63, 3.8) is 0 Å². The van der Waals surface area contributed by atoms with Crippen LogP contribution in [-0.4, -0.2) is 26.8 Å². The normalized spacial score (nSPS) is 12.0. The number of aromatic nitrogens is 2. The molecule has 0 saturated carbocycles. The number of nitrogens with zero attached hydrogens (tertiary/aromatic N) is 2. The van der Waals surface area contributed by atoms with Crippen LogP contribution in [0.2, 0.25) is 0 Å². The first-order chi connectivity index (χ1) is 19.9. The van der Waals surface area contributed by atoms with Gasteiger partial charge in [0, 0.05) is 5.39 Å². The van der Waals surface area contributed by atoms with Crippen LogP contribution in [-0.2, 0) is 6.54 Å². The van der Waals surface area contributed by atoms with E-state index in [0.717, 1.165) is 38.4 Å². The van der Waals surface area contributed by atoms with E-state index in [-0.39, 0.29) is 23.3 Å². The van der Waals surface area contributed by atoms with Gasteiger partial charge in [0.25, 0.3) is 5.91 Å². The highest BCUT2D eigenvalue weighted by Gasteiger charge is 2.20. The number of hydrogen-bond acceptors (Lipinski definition) is 3. The molecule has 0 fully saturated rings. The van der Waals surface area contributed by atoms with Crippen LogP contribution in [0.15, 0.2) is 109 Å². The molecule has 0 saturated heterocycles. The van der Waals surface area contributed by atoms with E-state index >= 15 is 0 Å². The van der Waals surface area contributed by atoms with E-state index in [1.165, 1.54) is 24.3 Å². The number of amides is 1. The highest BCUT2D eigenvalue weighted by Crippen LogP contribution is 2.29. The van der Waals surface area contributed by atoms with Gasteiger partial charge in [-0.25, -0.2) is 9.18 Å². The number of carbonyl (C=O) groups is 2. The number of carbonyl (C=O) groups excluding carboxylic acids is 1. The maximum Gasteiger partial charge on any atom is 0.335 e. The summed E-state index contributed by atoms with van der Waals surface area (Å²) in [6, 6.07) is 30.4. The van der Waals surface area contributed by atoms with Crippen LogP contribution in [0.4, 0.5) is 4.39 Å². The predicted molar refractivity (Wildman–Crippen MR) is 157 cm³/mol. The molecule has 1 aromatic heterocycles. The molecule has 1 heterocycles.